The Labute approximate surface area is 248 Å². The molecule has 3 heterocycles. The van der Waals surface area contributed by atoms with Crippen molar-refractivity contribution in [1.82, 2.24) is 19.7 Å². The van der Waals surface area contributed by atoms with E-state index < -0.39 is 0 Å². The summed E-state index contributed by atoms with van der Waals surface area (Å²) in [6.45, 7) is 8.32. The molecule has 7 heteroatoms. The standard InChI is InChI=1S/C35H41FN4O2/c1-2-27-10-6-11-32-33(35(41)37-22-26-8-4-3-5-9-26)25-39(34(27)32)18-7-19-40-29-14-15-30(40)24-38(23-29)20-21-42-31-16-12-28(36)13-17-31/h3-6,8-13,16-17,25,29-30H,2,7,14-15,18-24H2,1H3,(H,37,41). The molecule has 1 amide bonds. The monoisotopic (exact) mass is 568 g/mol. The molecule has 2 fully saturated rings. The smallest absolute Gasteiger partial charge is 0.253 e. The number of benzene rings is 3. The summed E-state index contributed by atoms with van der Waals surface area (Å²) in [5.41, 5.74) is 4.33. The van der Waals surface area contributed by atoms with Gasteiger partial charge in [0.25, 0.3) is 5.91 Å². The van der Waals surface area contributed by atoms with Gasteiger partial charge in [-0.15, -0.1) is 0 Å². The SMILES string of the molecule is CCc1cccc2c(C(=O)NCc3ccccc3)cn(CCCN3C4CCC3CN(CCOc3ccc(F)cc3)C4)c12. The van der Waals surface area contributed by atoms with E-state index >= 15 is 0 Å². The Balaban J connectivity index is 1.05. The molecule has 42 heavy (non-hydrogen) atoms. The Bertz CT molecular complexity index is 1470. The van der Waals surface area contributed by atoms with Crippen LogP contribution in [0.1, 0.15) is 47.7 Å². The highest BCUT2D eigenvalue weighted by molar-refractivity contribution is 6.07. The maximum Gasteiger partial charge on any atom is 0.253 e. The number of fused-ring (bicyclic) bond motifs is 3. The van der Waals surface area contributed by atoms with Gasteiger partial charge in [0.1, 0.15) is 18.2 Å². The highest BCUT2D eigenvalue weighted by Gasteiger charge is 2.39. The van der Waals surface area contributed by atoms with E-state index in [4.69, 9.17) is 4.74 Å². The summed E-state index contributed by atoms with van der Waals surface area (Å²) in [4.78, 5) is 18.5. The van der Waals surface area contributed by atoms with Crippen molar-refractivity contribution in [3.05, 3.63) is 102 Å². The maximum absolute atomic E-state index is 13.3. The summed E-state index contributed by atoms with van der Waals surface area (Å²) in [5, 5.41) is 4.17. The number of piperazine rings is 1. The Morgan fingerprint density at radius 1 is 0.929 bits per heavy atom. The lowest BCUT2D eigenvalue weighted by Crippen LogP contribution is -2.54. The lowest BCUT2D eigenvalue weighted by Gasteiger charge is -2.41. The van der Waals surface area contributed by atoms with Crippen LogP contribution >= 0.6 is 0 Å². The lowest BCUT2D eigenvalue weighted by molar-refractivity contribution is 0.0574. The number of carbonyl (C=O) groups is 1. The van der Waals surface area contributed by atoms with Gasteiger partial charge in [-0.1, -0.05) is 55.5 Å². The molecule has 220 valence electrons. The Morgan fingerprint density at radius 3 is 2.43 bits per heavy atom. The van der Waals surface area contributed by atoms with Crippen molar-refractivity contribution < 1.29 is 13.9 Å². The molecule has 1 aromatic heterocycles. The fraction of sp³-hybridized carbons (Fsp3) is 0.400. The first-order valence-electron chi connectivity index (χ1n) is 15.4. The second-order valence-corrected chi connectivity index (χ2v) is 11.6. The highest BCUT2D eigenvalue weighted by Crippen LogP contribution is 2.31. The molecule has 2 saturated heterocycles. The van der Waals surface area contributed by atoms with E-state index in [1.807, 2.05) is 30.3 Å². The molecule has 0 saturated carbocycles. The van der Waals surface area contributed by atoms with Crippen LogP contribution in [0.15, 0.2) is 79.0 Å². The van der Waals surface area contributed by atoms with E-state index in [-0.39, 0.29) is 11.7 Å². The molecule has 6 rings (SSSR count). The molecule has 2 atom stereocenters. The number of nitrogens with one attached hydrogen (secondary N) is 1. The van der Waals surface area contributed by atoms with Crippen molar-refractivity contribution in [2.45, 2.75) is 57.8 Å². The second kappa shape index (κ2) is 13.1. The first kappa shape index (κ1) is 28.4. The van der Waals surface area contributed by atoms with E-state index in [2.05, 4.69) is 51.0 Å². The summed E-state index contributed by atoms with van der Waals surface area (Å²) >= 11 is 0. The van der Waals surface area contributed by atoms with Crippen molar-refractivity contribution >= 4 is 16.8 Å². The van der Waals surface area contributed by atoms with Crippen molar-refractivity contribution in [3.63, 3.8) is 0 Å². The molecule has 0 aliphatic carbocycles. The molecule has 1 N–H and O–H groups in total. The number of nitrogens with zero attached hydrogens (tertiary/aromatic N) is 3. The number of amides is 1. The number of hydrogen-bond acceptors (Lipinski definition) is 4. The number of aromatic nitrogens is 1. The summed E-state index contributed by atoms with van der Waals surface area (Å²) in [7, 11) is 0. The van der Waals surface area contributed by atoms with Gasteiger partial charge in [0.05, 0.1) is 11.1 Å². The fourth-order valence-electron chi connectivity index (χ4n) is 6.83. The third-order valence-electron chi connectivity index (χ3n) is 8.92. The summed E-state index contributed by atoms with van der Waals surface area (Å²) < 4.78 is 21.3. The average Bonchev–Trinajstić information content (AvgIpc) is 3.50. The van der Waals surface area contributed by atoms with Crippen molar-refractivity contribution in [2.24, 2.45) is 0 Å². The topological polar surface area (TPSA) is 49.7 Å². The number of halogens is 1. The van der Waals surface area contributed by atoms with Crippen LogP contribution in [0.2, 0.25) is 0 Å². The van der Waals surface area contributed by atoms with Crippen LogP contribution in [0.5, 0.6) is 5.75 Å². The predicted octanol–water partition coefficient (Wildman–Crippen LogP) is 5.89. The van der Waals surface area contributed by atoms with Gasteiger partial charge in [0.15, 0.2) is 0 Å². The van der Waals surface area contributed by atoms with Crippen molar-refractivity contribution in [1.29, 1.82) is 0 Å². The molecule has 3 aromatic carbocycles. The fourth-order valence-corrected chi connectivity index (χ4v) is 6.83. The lowest BCUT2D eigenvalue weighted by atomic mass is 10.1. The quantitative estimate of drug-likeness (QED) is 0.232. The van der Waals surface area contributed by atoms with Gasteiger partial charge >= 0.3 is 0 Å². The zero-order valence-electron chi connectivity index (χ0n) is 24.5. The van der Waals surface area contributed by atoms with E-state index in [1.54, 1.807) is 12.1 Å². The molecule has 2 aliphatic rings. The molecule has 0 spiro atoms. The molecular weight excluding hydrogens is 527 g/mol. The minimum absolute atomic E-state index is 0.0200. The molecule has 2 bridgehead atoms. The predicted molar refractivity (Wildman–Crippen MR) is 165 cm³/mol. The van der Waals surface area contributed by atoms with Crippen LogP contribution in [-0.2, 0) is 19.5 Å². The number of carbonyl (C=O) groups excluding carboxylic acids is 1. The number of hydrogen-bond donors (Lipinski definition) is 1. The average molecular weight is 569 g/mol. The molecular formula is C35H41FN4O2. The van der Waals surface area contributed by atoms with E-state index in [0.717, 1.165) is 67.8 Å². The van der Waals surface area contributed by atoms with Crippen LogP contribution in [0.25, 0.3) is 10.9 Å². The zero-order chi connectivity index (χ0) is 28.9. The van der Waals surface area contributed by atoms with Crippen LogP contribution in [-0.4, -0.2) is 65.1 Å². The van der Waals surface area contributed by atoms with Gasteiger partial charge in [-0.25, -0.2) is 4.39 Å². The molecule has 6 nitrogen and oxygen atoms in total. The third kappa shape index (κ3) is 6.37. The van der Waals surface area contributed by atoms with Gasteiger partial charge in [0, 0.05) is 62.9 Å². The zero-order valence-corrected chi connectivity index (χ0v) is 24.5. The van der Waals surface area contributed by atoms with Gasteiger partial charge in [-0.3, -0.25) is 14.6 Å². The number of para-hydroxylation sites is 1. The second-order valence-electron chi connectivity index (χ2n) is 11.6. The first-order chi connectivity index (χ1) is 20.6. The summed E-state index contributed by atoms with van der Waals surface area (Å²) in [6, 6.07) is 23.8. The number of aryl methyl sites for hydroxylation is 2. The largest absolute Gasteiger partial charge is 0.492 e. The Kier molecular flexibility index (Phi) is 8.87. The molecule has 0 radical (unpaired) electrons. The van der Waals surface area contributed by atoms with Gasteiger partial charge in [-0.2, -0.15) is 0 Å². The van der Waals surface area contributed by atoms with Crippen molar-refractivity contribution in [2.75, 3.05) is 32.8 Å². The third-order valence-corrected chi connectivity index (χ3v) is 8.92. The summed E-state index contributed by atoms with van der Waals surface area (Å²) in [5.74, 6) is 0.461. The number of ether oxygens (including phenoxy) is 1. The minimum Gasteiger partial charge on any atom is -0.492 e. The minimum atomic E-state index is -0.240. The van der Waals surface area contributed by atoms with E-state index in [1.165, 1.54) is 36.1 Å². The molecule has 2 aliphatic heterocycles. The first-order valence-corrected chi connectivity index (χ1v) is 15.4. The summed E-state index contributed by atoms with van der Waals surface area (Å²) in [6.07, 6.45) is 6.55. The molecule has 2 unspecified atom stereocenters. The van der Waals surface area contributed by atoms with E-state index in [0.29, 0.717) is 25.2 Å². The highest BCUT2D eigenvalue weighted by atomic mass is 19.1. The van der Waals surface area contributed by atoms with Gasteiger partial charge in [0.2, 0.25) is 0 Å². The Morgan fingerprint density at radius 2 is 1.69 bits per heavy atom. The van der Waals surface area contributed by atoms with Gasteiger partial charge in [-0.05, 0) is 61.1 Å². The number of likely N-dealkylation sites (tertiary alicyclic amines) is 1. The van der Waals surface area contributed by atoms with Crippen LogP contribution in [0, 0.1) is 5.82 Å². The van der Waals surface area contributed by atoms with E-state index in [9.17, 15) is 9.18 Å². The van der Waals surface area contributed by atoms with Crippen LogP contribution in [0.3, 0.4) is 0 Å². The van der Waals surface area contributed by atoms with Crippen LogP contribution < -0.4 is 10.1 Å². The van der Waals surface area contributed by atoms with Gasteiger partial charge < -0.3 is 14.6 Å². The van der Waals surface area contributed by atoms with Crippen LogP contribution in [0.4, 0.5) is 4.39 Å². The number of rotatable bonds is 12. The van der Waals surface area contributed by atoms with Crippen molar-refractivity contribution in [3.8, 4) is 5.75 Å². The maximum atomic E-state index is 13.3. The normalized spacial score (nSPS) is 18.9. The molecule has 4 aromatic rings. The Hall–Kier alpha value is -3.68.